The zero-order chi connectivity index (χ0) is 11.0. The van der Waals surface area contributed by atoms with Crippen molar-refractivity contribution in [3.05, 3.63) is 30.0 Å². The number of anilines is 1. The van der Waals surface area contributed by atoms with Crippen molar-refractivity contribution in [2.75, 3.05) is 5.73 Å². The van der Waals surface area contributed by atoms with Gasteiger partial charge in [0.05, 0.1) is 0 Å². The summed E-state index contributed by atoms with van der Waals surface area (Å²) < 4.78 is 2.26. The fourth-order valence-electron chi connectivity index (χ4n) is 1.90. The van der Waals surface area contributed by atoms with Crippen LogP contribution < -0.4 is 5.73 Å². The highest BCUT2D eigenvalue weighted by Crippen LogP contribution is 2.27. The first-order chi connectivity index (χ1) is 7.13. The van der Waals surface area contributed by atoms with Gasteiger partial charge in [0, 0.05) is 34.6 Å². The van der Waals surface area contributed by atoms with Crippen molar-refractivity contribution < 1.29 is 0 Å². The molecule has 0 spiro atoms. The molecule has 0 amide bonds. The molecule has 0 unspecified atom stereocenters. The smallest absolute Gasteiger partial charge is 0.0487 e. The molecular formula is C12H16N2S. The van der Waals surface area contributed by atoms with E-state index in [2.05, 4.69) is 43.3 Å². The van der Waals surface area contributed by atoms with Gasteiger partial charge in [0.1, 0.15) is 0 Å². The van der Waals surface area contributed by atoms with Crippen molar-refractivity contribution in [3.63, 3.8) is 0 Å². The van der Waals surface area contributed by atoms with Gasteiger partial charge in [0.25, 0.3) is 0 Å². The van der Waals surface area contributed by atoms with Crippen molar-refractivity contribution in [1.82, 2.24) is 4.57 Å². The second-order valence-corrected chi connectivity index (χ2v) is 4.41. The largest absolute Gasteiger partial charge is 0.399 e. The molecule has 0 saturated carbocycles. The molecule has 2 rings (SSSR count). The zero-order valence-corrected chi connectivity index (χ0v) is 9.96. The van der Waals surface area contributed by atoms with Crippen LogP contribution in [-0.2, 0) is 5.75 Å². The lowest BCUT2D eigenvalue weighted by atomic mass is 10.2. The molecule has 3 heteroatoms. The summed E-state index contributed by atoms with van der Waals surface area (Å²) in [5.41, 5.74) is 9.09. The summed E-state index contributed by atoms with van der Waals surface area (Å²) in [6.45, 7) is 4.36. The minimum atomic E-state index is 0.463. The number of benzene rings is 1. The van der Waals surface area contributed by atoms with Gasteiger partial charge in [-0.25, -0.2) is 0 Å². The predicted molar refractivity (Wildman–Crippen MR) is 69.4 cm³/mol. The molecule has 0 aliphatic heterocycles. The number of nitrogens with zero attached hydrogens (tertiary/aromatic N) is 1. The van der Waals surface area contributed by atoms with E-state index in [4.69, 9.17) is 5.73 Å². The van der Waals surface area contributed by atoms with Crippen LogP contribution in [0.15, 0.2) is 24.4 Å². The minimum absolute atomic E-state index is 0.463. The van der Waals surface area contributed by atoms with Crippen LogP contribution in [0.5, 0.6) is 0 Å². The van der Waals surface area contributed by atoms with Crippen molar-refractivity contribution in [2.24, 2.45) is 0 Å². The second-order valence-electron chi connectivity index (χ2n) is 4.09. The highest BCUT2D eigenvalue weighted by molar-refractivity contribution is 7.79. The summed E-state index contributed by atoms with van der Waals surface area (Å²) in [6.07, 6.45) is 2.17. The summed E-state index contributed by atoms with van der Waals surface area (Å²) in [4.78, 5) is 0. The van der Waals surface area contributed by atoms with E-state index in [-0.39, 0.29) is 0 Å². The van der Waals surface area contributed by atoms with E-state index in [1.54, 1.807) is 0 Å². The van der Waals surface area contributed by atoms with Gasteiger partial charge in [0.2, 0.25) is 0 Å². The fraction of sp³-hybridized carbons (Fsp3) is 0.333. The van der Waals surface area contributed by atoms with Gasteiger partial charge >= 0.3 is 0 Å². The average molecular weight is 220 g/mol. The monoisotopic (exact) mass is 220 g/mol. The highest BCUT2D eigenvalue weighted by atomic mass is 32.1. The zero-order valence-electron chi connectivity index (χ0n) is 9.07. The maximum atomic E-state index is 5.80. The number of thiol groups is 1. The molecule has 1 aromatic heterocycles. The summed E-state index contributed by atoms with van der Waals surface area (Å²) in [7, 11) is 0. The minimum Gasteiger partial charge on any atom is -0.399 e. The molecule has 1 aromatic carbocycles. The highest BCUT2D eigenvalue weighted by Gasteiger charge is 2.09. The van der Waals surface area contributed by atoms with E-state index in [0.29, 0.717) is 6.04 Å². The van der Waals surface area contributed by atoms with Crippen LogP contribution in [0.25, 0.3) is 10.9 Å². The van der Waals surface area contributed by atoms with E-state index < -0.39 is 0 Å². The number of nitrogen functional groups attached to an aromatic ring is 1. The Balaban J connectivity index is 2.75. The number of nitrogens with two attached hydrogens (primary N) is 1. The number of rotatable bonds is 2. The summed E-state index contributed by atoms with van der Waals surface area (Å²) >= 11 is 4.35. The summed E-state index contributed by atoms with van der Waals surface area (Å²) in [5.74, 6) is 0.750. The molecule has 2 aromatic rings. The van der Waals surface area contributed by atoms with E-state index in [1.165, 1.54) is 16.5 Å². The third-order valence-corrected chi connectivity index (χ3v) is 3.01. The van der Waals surface area contributed by atoms with Gasteiger partial charge in [0.15, 0.2) is 0 Å². The maximum Gasteiger partial charge on any atom is 0.0487 e. The SMILES string of the molecule is CC(C)n1cc(CS)c2cc(N)ccc21. The van der Waals surface area contributed by atoms with Gasteiger partial charge in [-0.2, -0.15) is 12.6 Å². The molecule has 2 N–H and O–H groups in total. The van der Waals surface area contributed by atoms with Crippen molar-refractivity contribution in [2.45, 2.75) is 25.6 Å². The lowest BCUT2D eigenvalue weighted by Gasteiger charge is -2.08. The van der Waals surface area contributed by atoms with Gasteiger partial charge in [-0.15, -0.1) is 0 Å². The molecule has 2 nitrogen and oxygen atoms in total. The first-order valence-electron chi connectivity index (χ1n) is 5.13. The van der Waals surface area contributed by atoms with E-state index in [9.17, 15) is 0 Å². The van der Waals surface area contributed by atoms with Gasteiger partial charge in [-0.3, -0.25) is 0 Å². The van der Waals surface area contributed by atoms with Crippen LogP contribution >= 0.6 is 12.6 Å². The summed E-state index contributed by atoms with van der Waals surface area (Å²) in [6, 6.07) is 6.52. The van der Waals surface area contributed by atoms with Crippen molar-refractivity contribution in [1.29, 1.82) is 0 Å². The maximum absolute atomic E-state index is 5.80. The Morgan fingerprint density at radius 2 is 2.13 bits per heavy atom. The standard InChI is InChI=1S/C12H16N2S/c1-8(2)14-6-9(7-15)11-5-10(13)3-4-12(11)14/h3-6,8,15H,7,13H2,1-2H3. The number of hydrogen-bond donors (Lipinski definition) is 2. The van der Waals surface area contributed by atoms with Gasteiger partial charge in [-0.1, -0.05) is 0 Å². The fourth-order valence-corrected chi connectivity index (χ4v) is 2.15. The Kier molecular flexibility index (Phi) is 2.65. The van der Waals surface area contributed by atoms with Gasteiger partial charge < -0.3 is 10.3 Å². The lowest BCUT2D eigenvalue weighted by molar-refractivity contribution is 0.622. The predicted octanol–water partition coefficient (Wildman–Crippen LogP) is 3.23. The quantitative estimate of drug-likeness (QED) is 0.591. The molecule has 80 valence electrons. The molecule has 0 radical (unpaired) electrons. The Morgan fingerprint density at radius 3 is 2.73 bits per heavy atom. The first-order valence-corrected chi connectivity index (χ1v) is 5.76. The Bertz CT molecular complexity index is 486. The van der Waals surface area contributed by atoms with Gasteiger partial charge in [-0.05, 0) is 37.6 Å². The molecule has 0 fully saturated rings. The summed E-state index contributed by atoms with van der Waals surface area (Å²) in [5, 5.41) is 1.22. The number of fused-ring (bicyclic) bond motifs is 1. The molecule has 0 atom stereocenters. The Morgan fingerprint density at radius 1 is 1.40 bits per heavy atom. The first kappa shape index (κ1) is 10.4. The van der Waals surface area contributed by atoms with E-state index in [0.717, 1.165) is 11.4 Å². The lowest BCUT2D eigenvalue weighted by Crippen LogP contribution is -1.97. The van der Waals surface area contributed by atoms with Crippen molar-refractivity contribution >= 4 is 29.2 Å². The molecule has 15 heavy (non-hydrogen) atoms. The van der Waals surface area contributed by atoms with Crippen LogP contribution in [0.4, 0.5) is 5.69 Å². The van der Waals surface area contributed by atoms with Crippen LogP contribution in [0.3, 0.4) is 0 Å². The molecular weight excluding hydrogens is 204 g/mol. The van der Waals surface area contributed by atoms with E-state index >= 15 is 0 Å². The molecule has 0 saturated heterocycles. The number of aromatic nitrogens is 1. The van der Waals surface area contributed by atoms with Crippen LogP contribution in [0.2, 0.25) is 0 Å². The van der Waals surface area contributed by atoms with E-state index in [1.807, 2.05) is 12.1 Å². The molecule has 0 aliphatic rings. The van der Waals surface area contributed by atoms with Crippen LogP contribution in [0, 0.1) is 0 Å². The molecule has 1 heterocycles. The van der Waals surface area contributed by atoms with Crippen molar-refractivity contribution in [3.8, 4) is 0 Å². The number of hydrogen-bond acceptors (Lipinski definition) is 2. The second kappa shape index (κ2) is 3.81. The third kappa shape index (κ3) is 1.72. The molecule has 0 aliphatic carbocycles. The third-order valence-electron chi connectivity index (χ3n) is 2.67. The van der Waals surface area contributed by atoms with Crippen LogP contribution in [0.1, 0.15) is 25.5 Å². The normalized spacial score (nSPS) is 11.5. The Labute approximate surface area is 95.5 Å². The average Bonchev–Trinajstić information content (AvgIpc) is 2.55. The Hall–Kier alpha value is -1.09. The molecule has 0 bridgehead atoms. The topological polar surface area (TPSA) is 30.9 Å². The van der Waals surface area contributed by atoms with Crippen LogP contribution in [-0.4, -0.2) is 4.57 Å².